The second-order valence-corrected chi connectivity index (χ2v) is 7.34. The molecule has 0 atom stereocenters. The molecular weight excluding hydrogens is 483 g/mol. The molecule has 1 aromatic carbocycles. The quantitative estimate of drug-likeness (QED) is 0.277. The van der Waals surface area contributed by atoms with Gasteiger partial charge in [0.05, 0.1) is 0 Å². The highest BCUT2D eigenvalue weighted by molar-refractivity contribution is 14.0. The van der Waals surface area contributed by atoms with Crippen LogP contribution in [0.5, 0.6) is 0 Å². The number of hydrogen-bond acceptors (Lipinski definition) is 4. The first-order valence-electron chi connectivity index (χ1n) is 9.16. The van der Waals surface area contributed by atoms with Gasteiger partial charge in [-0.3, -0.25) is 0 Å². The summed E-state index contributed by atoms with van der Waals surface area (Å²) in [7, 11) is 1.97. The summed E-state index contributed by atoms with van der Waals surface area (Å²) in [5.74, 6) is 2.56. The van der Waals surface area contributed by atoms with Crippen molar-refractivity contribution in [1.82, 2.24) is 25.4 Å². The third kappa shape index (κ3) is 6.90. The van der Waals surface area contributed by atoms with Crippen molar-refractivity contribution in [3.05, 3.63) is 69.9 Å². The largest absolute Gasteiger partial charge is 0.356 e. The fourth-order valence-corrected chi connectivity index (χ4v) is 3.35. The van der Waals surface area contributed by atoms with Gasteiger partial charge in [-0.2, -0.15) is 0 Å². The first-order valence-corrected chi connectivity index (χ1v) is 10.0. The van der Waals surface area contributed by atoms with E-state index in [1.54, 1.807) is 11.3 Å². The van der Waals surface area contributed by atoms with Gasteiger partial charge in [0, 0.05) is 25.0 Å². The molecule has 2 aromatic heterocycles. The number of nitrogens with zero attached hydrogens (tertiary/aromatic N) is 4. The van der Waals surface area contributed by atoms with Gasteiger partial charge in [-0.15, -0.1) is 45.5 Å². The zero-order valence-electron chi connectivity index (χ0n) is 16.3. The Labute approximate surface area is 187 Å². The van der Waals surface area contributed by atoms with Crippen LogP contribution in [0.2, 0.25) is 0 Å². The highest BCUT2D eigenvalue weighted by atomic mass is 127. The molecule has 0 unspecified atom stereocenters. The number of guanidine groups is 1. The van der Waals surface area contributed by atoms with E-state index in [1.807, 2.05) is 24.6 Å². The Kier molecular flexibility index (Phi) is 9.42. The molecule has 6 nitrogen and oxygen atoms in total. The lowest BCUT2D eigenvalue weighted by Crippen LogP contribution is -2.39. The minimum atomic E-state index is 0. The summed E-state index contributed by atoms with van der Waals surface area (Å²) in [6, 6.07) is 14.7. The van der Waals surface area contributed by atoms with Crippen molar-refractivity contribution in [1.29, 1.82) is 0 Å². The molecule has 150 valence electrons. The number of benzene rings is 1. The summed E-state index contributed by atoms with van der Waals surface area (Å²) in [5, 5.41) is 17.3. The number of halogens is 1. The monoisotopic (exact) mass is 510 g/mol. The van der Waals surface area contributed by atoms with Gasteiger partial charge in [-0.1, -0.05) is 36.4 Å². The molecule has 0 saturated heterocycles. The molecule has 0 saturated carbocycles. The molecule has 0 radical (unpaired) electrons. The first-order chi connectivity index (χ1) is 13.2. The predicted octanol–water partition coefficient (Wildman–Crippen LogP) is 3.32. The van der Waals surface area contributed by atoms with Crippen molar-refractivity contribution in [2.45, 2.75) is 26.3 Å². The van der Waals surface area contributed by atoms with E-state index in [0.29, 0.717) is 6.54 Å². The van der Waals surface area contributed by atoms with E-state index in [0.717, 1.165) is 43.5 Å². The van der Waals surface area contributed by atoms with Crippen LogP contribution in [0.3, 0.4) is 0 Å². The molecule has 0 fully saturated rings. The number of hydrogen-bond donors (Lipinski definition) is 2. The van der Waals surface area contributed by atoms with Crippen molar-refractivity contribution in [2.24, 2.45) is 12.0 Å². The molecule has 0 aliphatic heterocycles. The average Bonchev–Trinajstić information content (AvgIpc) is 3.31. The molecule has 2 N–H and O–H groups in total. The van der Waals surface area contributed by atoms with Gasteiger partial charge in [-0.05, 0) is 36.8 Å². The molecule has 3 aromatic rings. The van der Waals surface area contributed by atoms with Crippen LogP contribution < -0.4 is 10.6 Å². The Bertz CT molecular complexity index is 845. The zero-order valence-corrected chi connectivity index (χ0v) is 19.4. The first kappa shape index (κ1) is 22.4. The van der Waals surface area contributed by atoms with E-state index in [2.05, 4.69) is 62.6 Å². The number of thiophene rings is 1. The normalized spacial score (nSPS) is 11.1. The Morgan fingerprint density at radius 2 is 1.79 bits per heavy atom. The second-order valence-electron chi connectivity index (χ2n) is 6.31. The van der Waals surface area contributed by atoms with E-state index >= 15 is 0 Å². The van der Waals surface area contributed by atoms with Crippen LogP contribution in [0.25, 0.3) is 0 Å². The summed E-state index contributed by atoms with van der Waals surface area (Å²) < 4.78 is 1.97. The SMILES string of the molecule is Cc1nnc(CN=C(NCCc2ccccc2)NCCc2cccs2)n1C.I. The van der Waals surface area contributed by atoms with Crippen molar-refractivity contribution in [3.63, 3.8) is 0 Å². The Morgan fingerprint density at radius 3 is 2.43 bits per heavy atom. The maximum absolute atomic E-state index is 4.69. The van der Waals surface area contributed by atoms with E-state index in [9.17, 15) is 0 Å². The van der Waals surface area contributed by atoms with E-state index < -0.39 is 0 Å². The summed E-state index contributed by atoms with van der Waals surface area (Å²) in [6.07, 6.45) is 1.94. The van der Waals surface area contributed by atoms with Crippen molar-refractivity contribution in [3.8, 4) is 0 Å². The molecule has 3 rings (SSSR count). The lowest BCUT2D eigenvalue weighted by Gasteiger charge is -2.12. The standard InChI is InChI=1S/C20H26N6S.HI/c1-16-24-25-19(26(16)2)15-23-20(22-13-11-18-9-6-14-27-18)21-12-10-17-7-4-3-5-8-17;/h3-9,14H,10-13,15H2,1-2H3,(H2,21,22,23);1H. The Balaban J connectivity index is 0.00000280. The van der Waals surface area contributed by atoms with Crippen LogP contribution in [0.1, 0.15) is 22.1 Å². The number of rotatable bonds is 8. The molecule has 0 bridgehead atoms. The average molecular weight is 510 g/mol. The van der Waals surface area contributed by atoms with Crippen LogP contribution >= 0.6 is 35.3 Å². The van der Waals surface area contributed by atoms with Crippen LogP contribution in [-0.4, -0.2) is 33.8 Å². The molecule has 2 heterocycles. The predicted molar refractivity (Wildman–Crippen MR) is 126 cm³/mol. The Hall–Kier alpha value is -1.94. The minimum absolute atomic E-state index is 0. The van der Waals surface area contributed by atoms with Gasteiger partial charge in [0.15, 0.2) is 11.8 Å². The summed E-state index contributed by atoms with van der Waals surface area (Å²) >= 11 is 1.78. The van der Waals surface area contributed by atoms with Gasteiger partial charge in [0.1, 0.15) is 12.4 Å². The van der Waals surface area contributed by atoms with E-state index in [-0.39, 0.29) is 24.0 Å². The summed E-state index contributed by atoms with van der Waals surface area (Å²) in [4.78, 5) is 6.06. The third-order valence-corrected chi connectivity index (χ3v) is 5.29. The lowest BCUT2D eigenvalue weighted by atomic mass is 10.1. The highest BCUT2D eigenvalue weighted by Crippen LogP contribution is 2.08. The highest BCUT2D eigenvalue weighted by Gasteiger charge is 2.05. The number of aromatic nitrogens is 3. The fourth-order valence-electron chi connectivity index (χ4n) is 2.64. The molecule has 0 aliphatic rings. The fraction of sp³-hybridized carbons (Fsp3) is 0.350. The molecule has 8 heteroatoms. The Morgan fingerprint density at radius 1 is 1.04 bits per heavy atom. The third-order valence-electron chi connectivity index (χ3n) is 4.35. The maximum Gasteiger partial charge on any atom is 0.191 e. The van der Waals surface area contributed by atoms with Crippen molar-refractivity contribution in [2.75, 3.05) is 13.1 Å². The van der Waals surface area contributed by atoms with Gasteiger partial charge < -0.3 is 15.2 Å². The number of aryl methyl sites for hydroxylation is 1. The van der Waals surface area contributed by atoms with Crippen LogP contribution in [-0.2, 0) is 26.4 Å². The van der Waals surface area contributed by atoms with Gasteiger partial charge >= 0.3 is 0 Å². The van der Waals surface area contributed by atoms with E-state index in [4.69, 9.17) is 4.99 Å². The van der Waals surface area contributed by atoms with E-state index in [1.165, 1.54) is 10.4 Å². The lowest BCUT2D eigenvalue weighted by molar-refractivity contribution is 0.746. The molecule has 28 heavy (non-hydrogen) atoms. The minimum Gasteiger partial charge on any atom is -0.356 e. The molecule has 0 aliphatic carbocycles. The van der Waals surface area contributed by atoms with Gasteiger partial charge in [-0.25, -0.2) is 4.99 Å². The van der Waals surface area contributed by atoms with Crippen molar-refractivity contribution >= 4 is 41.3 Å². The number of nitrogens with one attached hydrogen (secondary N) is 2. The maximum atomic E-state index is 4.69. The van der Waals surface area contributed by atoms with Crippen LogP contribution in [0, 0.1) is 6.92 Å². The smallest absolute Gasteiger partial charge is 0.191 e. The zero-order chi connectivity index (χ0) is 18.9. The summed E-state index contributed by atoms with van der Waals surface area (Å²) in [5.41, 5.74) is 1.31. The topological polar surface area (TPSA) is 67.1 Å². The molecule has 0 amide bonds. The van der Waals surface area contributed by atoms with Gasteiger partial charge in [0.2, 0.25) is 0 Å². The molecule has 0 spiro atoms. The number of aliphatic imine (C=N–C) groups is 1. The van der Waals surface area contributed by atoms with Crippen LogP contribution in [0.4, 0.5) is 0 Å². The molecular formula is C20H27IN6S. The van der Waals surface area contributed by atoms with Crippen molar-refractivity contribution < 1.29 is 0 Å². The second kappa shape index (κ2) is 11.8. The van der Waals surface area contributed by atoms with Crippen LogP contribution in [0.15, 0.2) is 52.8 Å². The van der Waals surface area contributed by atoms with Gasteiger partial charge in [0.25, 0.3) is 0 Å². The summed E-state index contributed by atoms with van der Waals surface area (Å²) in [6.45, 7) is 4.11.